The molecule has 1 heterocycles. The molecule has 0 atom stereocenters. The van der Waals surface area contributed by atoms with Crippen LogP contribution in [0.5, 0.6) is 0 Å². The zero-order chi connectivity index (χ0) is 14.2. The summed E-state index contributed by atoms with van der Waals surface area (Å²) < 4.78 is 18.3. The number of anilines is 1. The Hall–Kier alpha value is -2.24. The summed E-state index contributed by atoms with van der Waals surface area (Å²) in [5.74, 6) is -2.08. The van der Waals surface area contributed by atoms with Gasteiger partial charge in [0, 0.05) is 12.6 Å². The van der Waals surface area contributed by atoms with E-state index in [9.17, 15) is 18.8 Å². The lowest BCUT2D eigenvalue weighted by Gasteiger charge is -2.11. The van der Waals surface area contributed by atoms with Crippen molar-refractivity contribution in [3.63, 3.8) is 0 Å². The molecule has 0 saturated heterocycles. The van der Waals surface area contributed by atoms with Crippen molar-refractivity contribution in [2.24, 2.45) is 0 Å². The Bertz CT molecular complexity index is 582. The highest BCUT2D eigenvalue weighted by Gasteiger charge is 2.29. The molecule has 1 amide bonds. The Morgan fingerprint density at radius 3 is 2.74 bits per heavy atom. The molecule has 0 aromatic heterocycles. The summed E-state index contributed by atoms with van der Waals surface area (Å²) >= 11 is 0. The number of carbonyl (C=O) groups excluding carboxylic acids is 3. The molecule has 1 aliphatic rings. The Labute approximate surface area is 109 Å². The first-order valence-electron chi connectivity index (χ1n) is 5.63. The molecule has 0 fully saturated rings. The zero-order valence-corrected chi connectivity index (χ0v) is 10.5. The van der Waals surface area contributed by atoms with E-state index in [-0.39, 0.29) is 23.6 Å². The molecule has 1 aromatic carbocycles. The number of ether oxygens (including phenoxy) is 1. The first kappa shape index (κ1) is 13.2. The van der Waals surface area contributed by atoms with Gasteiger partial charge in [-0.1, -0.05) is 0 Å². The van der Waals surface area contributed by atoms with Crippen molar-refractivity contribution < 1.29 is 23.5 Å². The number of fused-ring (bicyclic) bond motifs is 1. The maximum atomic E-state index is 13.9. The smallest absolute Gasteiger partial charge is 0.313 e. The van der Waals surface area contributed by atoms with Crippen molar-refractivity contribution >= 4 is 23.3 Å². The van der Waals surface area contributed by atoms with Gasteiger partial charge < -0.3 is 9.64 Å². The van der Waals surface area contributed by atoms with Crippen LogP contribution in [0.15, 0.2) is 12.1 Å². The van der Waals surface area contributed by atoms with Crippen LogP contribution in [-0.2, 0) is 20.7 Å². The maximum absolute atomic E-state index is 13.9. The van der Waals surface area contributed by atoms with Crippen LogP contribution >= 0.6 is 0 Å². The number of nitrogens with zero attached hydrogens (tertiary/aromatic N) is 1. The second kappa shape index (κ2) is 4.79. The number of ketones is 1. The highest BCUT2D eigenvalue weighted by Crippen LogP contribution is 2.31. The number of amides is 1. The molecule has 5 nitrogen and oxygen atoms in total. The second-order valence-electron chi connectivity index (χ2n) is 4.27. The van der Waals surface area contributed by atoms with E-state index in [0.717, 1.165) is 6.07 Å². The number of hydrogen-bond donors (Lipinski definition) is 0. The third kappa shape index (κ3) is 2.33. The monoisotopic (exact) mass is 265 g/mol. The van der Waals surface area contributed by atoms with Gasteiger partial charge in [0.05, 0.1) is 19.2 Å². The Morgan fingerprint density at radius 2 is 2.11 bits per heavy atom. The zero-order valence-electron chi connectivity index (χ0n) is 10.5. The molecule has 6 heteroatoms. The second-order valence-corrected chi connectivity index (χ2v) is 4.27. The number of hydrogen-bond acceptors (Lipinski definition) is 4. The summed E-state index contributed by atoms with van der Waals surface area (Å²) in [6.45, 7) is 0. The van der Waals surface area contributed by atoms with Gasteiger partial charge in [-0.15, -0.1) is 0 Å². The number of halogens is 1. The minimum Gasteiger partial charge on any atom is -0.469 e. The van der Waals surface area contributed by atoms with E-state index in [1.165, 1.54) is 25.1 Å². The highest BCUT2D eigenvalue weighted by molar-refractivity contribution is 6.08. The molecule has 100 valence electrons. The number of methoxy groups -OCH3 is 1. The third-order valence-electron chi connectivity index (χ3n) is 3.05. The fourth-order valence-electron chi connectivity index (χ4n) is 2.04. The Kier molecular flexibility index (Phi) is 3.33. The van der Waals surface area contributed by atoms with Gasteiger partial charge in [-0.2, -0.15) is 0 Å². The summed E-state index contributed by atoms with van der Waals surface area (Å²) in [5.41, 5.74) is 0.727. The summed E-state index contributed by atoms with van der Waals surface area (Å²) in [7, 11) is 2.65. The molecule has 0 radical (unpaired) electrons. The molecule has 0 spiro atoms. The van der Waals surface area contributed by atoms with E-state index in [2.05, 4.69) is 4.74 Å². The number of carbonyl (C=O) groups is 3. The molecule has 0 aliphatic carbocycles. The van der Waals surface area contributed by atoms with Crippen LogP contribution in [0.4, 0.5) is 10.1 Å². The minimum atomic E-state index is -0.681. The van der Waals surface area contributed by atoms with E-state index < -0.39 is 24.0 Å². The quantitative estimate of drug-likeness (QED) is 0.466. The first-order valence-corrected chi connectivity index (χ1v) is 5.63. The third-order valence-corrected chi connectivity index (χ3v) is 3.05. The average molecular weight is 265 g/mol. The van der Waals surface area contributed by atoms with E-state index in [1.54, 1.807) is 0 Å². The number of likely N-dealkylation sites (N-methyl/N-ethyl adjacent to an activating group) is 1. The van der Waals surface area contributed by atoms with Gasteiger partial charge in [0.15, 0.2) is 5.78 Å². The Morgan fingerprint density at radius 1 is 1.42 bits per heavy atom. The van der Waals surface area contributed by atoms with Crippen molar-refractivity contribution in [2.45, 2.75) is 12.8 Å². The van der Waals surface area contributed by atoms with Crippen molar-refractivity contribution in [3.8, 4) is 0 Å². The number of esters is 1. The molecular formula is C13H12FNO4. The van der Waals surface area contributed by atoms with Crippen molar-refractivity contribution in [3.05, 3.63) is 29.1 Å². The van der Waals surface area contributed by atoms with Gasteiger partial charge >= 0.3 is 5.97 Å². The molecule has 19 heavy (non-hydrogen) atoms. The first-order chi connectivity index (χ1) is 8.93. The van der Waals surface area contributed by atoms with Gasteiger partial charge in [-0.3, -0.25) is 14.4 Å². The van der Waals surface area contributed by atoms with Crippen molar-refractivity contribution in [2.75, 3.05) is 19.1 Å². The fourth-order valence-corrected chi connectivity index (χ4v) is 2.04. The number of benzene rings is 1. The predicted molar refractivity (Wildman–Crippen MR) is 64.5 cm³/mol. The minimum absolute atomic E-state index is 0.0576. The topological polar surface area (TPSA) is 63.7 Å². The maximum Gasteiger partial charge on any atom is 0.313 e. The van der Waals surface area contributed by atoms with Crippen LogP contribution in [0, 0.1) is 5.82 Å². The summed E-state index contributed by atoms with van der Waals surface area (Å²) in [5, 5.41) is 0. The lowest BCUT2D eigenvalue weighted by molar-refractivity contribution is -0.139. The van der Waals surface area contributed by atoms with Crippen LogP contribution in [-0.4, -0.2) is 31.8 Å². The predicted octanol–water partition coefficient (Wildman–Crippen LogP) is 1.09. The summed E-state index contributed by atoms with van der Waals surface area (Å²) in [6, 6.07) is 2.49. The van der Waals surface area contributed by atoms with E-state index in [0.29, 0.717) is 5.56 Å². The van der Waals surface area contributed by atoms with Crippen LogP contribution in [0.2, 0.25) is 0 Å². The number of rotatable bonds is 3. The van der Waals surface area contributed by atoms with Gasteiger partial charge in [-0.05, 0) is 17.7 Å². The average Bonchev–Trinajstić information content (AvgIpc) is 2.65. The SMILES string of the molecule is COC(=O)CC(=O)c1cc(F)c2c(c1)CC(=O)N2C. The van der Waals surface area contributed by atoms with Gasteiger partial charge in [-0.25, -0.2) is 4.39 Å². The van der Waals surface area contributed by atoms with E-state index in [1.807, 2.05) is 0 Å². The fraction of sp³-hybridized carbons (Fsp3) is 0.308. The van der Waals surface area contributed by atoms with Gasteiger partial charge in [0.1, 0.15) is 12.2 Å². The molecule has 1 aliphatic heterocycles. The van der Waals surface area contributed by atoms with E-state index in [4.69, 9.17) is 0 Å². The molecule has 2 rings (SSSR count). The normalized spacial score (nSPS) is 13.4. The lowest BCUT2D eigenvalue weighted by atomic mass is 10.0. The van der Waals surface area contributed by atoms with Crippen LogP contribution < -0.4 is 4.90 Å². The largest absolute Gasteiger partial charge is 0.469 e. The van der Waals surface area contributed by atoms with Gasteiger partial charge in [0.25, 0.3) is 0 Å². The molecule has 0 unspecified atom stereocenters. The van der Waals surface area contributed by atoms with Crippen LogP contribution in [0.1, 0.15) is 22.3 Å². The molecule has 0 N–H and O–H groups in total. The number of Topliss-reactive ketones (excluding diaryl/α,β-unsaturated/α-hetero) is 1. The molecule has 0 bridgehead atoms. The standard InChI is InChI=1S/C13H12FNO4/c1-15-11(17)5-8-3-7(4-9(14)13(8)15)10(16)6-12(18)19-2/h3-4H,5-6H2,1-2H3. The van der Waals surface area contributed by atoms with Crippen LogP contribution in [0.3, 0.4) is 0 Å². The Balaban J connectivity index is 2.34. The van der Waals surface area contributed by atoms with Crippen molar-refractivity contribution in [1.29, 1.82) is 0 Å². The lowest BCUT2D eigenvalue weighted by Crippen LogP contribution is -2.21. The molecule has 1 aromatic rings. The van der Waals surface area contributed by atoms with E-state index >= 15 is 0 Å². The summed E-state index contributed by atoms with van der Waals surface area (Å²) in [6.07, 6.45) is -0.388. The summed E-state index contributed by atoms with van der Waals surface area (Å²) in [4.78, 5) is 35.5. The molecular weight excluding hydrogens is 253 g/mol. The van der Waals surface area contributed by atoms with Crippen LogP contribution in [0.25, 0.3) is 0 Å². The highest BCUT2D eigenvalue weighted by atomic mass is 19.1. The molecule has 0 saturated carbocycles. The van der Waals surface area contributed by atoms with Gasteiger partial charge in [0.2, 0.25) is 5.91 Å². The van der Waals surface area contributed by atoms with Crippen molar-refractivity contribution in [1.82, 2.24) is 0 Å².